The SMILES string of the molecule is CCCCN(CCCl)c1ncncc1Cl. The van der Waals surface area contributed by atoms with Crippen molar-refractivity contribution in [1.29, 1.82) is 0 Å². The van der Waals surface area contributed by atoms with Crippen LogP contribution in [-0.2, 0) is 0 Å². The molecule has 1 aromatic rings. The molecule has 3 nitrogen and oxygen atoms in total. The number of hydrogen-bond donors (Lipinski definition) is 0. The van der Waals surface area contributed by atoms with Crippen LogP contribution in [0.2, 0.25) is 5.02 Å². The molecule has 0 bridgehead atoms. The Morgan fingerprint density at radius 2 is 2.20 bits per heavy atom. The lowest BCUT2D eigenvalue weighted by Crippen LogP contribution is -2.27. The first-order valence-corrected chi connectivity index (χ1v) is 5.97. The molecule has 84 valence electrons. The lowest BCUT2D eigenvalue weighted by molar-refractivity contribution is 0.724. The van der Waals surface area contributed by atoms with Crippen molar-refractivity contribution in [2.45, 2.75) is 19.8 Å². The van der Waals surface area contributed by atoms with Gasteiger partial charge in [0.05, 0.1) is 6.20 Å². The predicted octanol–water partition coefficient (Wildman–Crippen LogP) is 2.98. The molecular formula is C10H15Cl2N3. The highest BCUT2D eigenvalue weighted by Crippen LogP contribution is 2.21. The number of anilines is 1. The van der Waals surface area contributed by atoms with E-state index in [9.17, 15) is 0 Å². The minimum absolute atomic E-state index is 0.573. The molecule has 5 heteroatoms. The van der Waals surface area contributed by atoms with Crippen LogP contribution >= 0.6 is 23.2 Å². The van der Waals surface area contributed by atoms with Gasteiger partial charge in [-0.25, -0.2) is 9.97 Å². The number of hydrogen-bond acceptors (Lipinski definition) is 3. The molecule has 0 N–H and O–H groups in total. The van der Waals surface area contributed by atoms with E-state index in [1.54, 1.807) is 6.20 Å². The van der Waals surface area contributed by atoms with Gasteiger partial charge in [-0.3, -0.25) is 0 Å². The summed E-state index contributed by atoms with van der Waals surface area (Å²) in [7, 11) is 0. The summed E-state index contributed by atoms with van der Waals surface area (Å²) >= 11 is 11.8. The van der Waals surface area contributed by atoms with E-state index in [2.05, 4.69) is 21.8 Å². The van der Waals surface area contributed by atoms with Crippen LogP contribution in [0, 0.1) is 0 Å². The van der Waals surface area contributed by atoms with E-state index < -0.39 is 0 Å². The van der Waals surface area contributed by atoms with Gasteiger partial charge in [0.2, 0.25) is 0 Å². The van der Waals surface area contributed by atoms with E-state index >= 15 is 0 Å². The summed E-state index contributed by atoms with van der Waals surface area (Å²) in [6.45, 7) is 3.85. The number of nitrogens with zero attached hydrogens (tertiary/aromatic N) is 3. The zero-order valence-corrected chi connectivity index (χ0v) is 10.3. The Bertz CT molecular complexity index is 294. The van der Waals surface area contributed by atoms with Gasteiger partial charge in [-0.15, -0.1) is 11.6 Å². The standard InChI is InChI=1S/C10H15Cl2N3/c1-2-3-5-15(6-4-11)10-9(12)7-13-8-14-10/h7-8H,2-6H2,1H3. The quantitative estimate of drug-likeness (QED) is 0.724. The summed E-state index contributed by atoms with van der Waals surface area (Å²) in [5, 5.41) is 0.582. The molecule has 0 fully saturated rings. The maximum Gasteiger partial charge on any atom is 0.150 e. The first kappa shape index (κ1) is 12.5. The molecule has 0 unspecified atom stereocenters. The third-order valence-electron chi connectivity index (χ3n) is 2.08. The topological polar surface area (TPSA) is 29.0 Å². The van der Waals surface area contributed by atoms with Crippen molar-refractivity contribution in [3.8, 4) is 0 Å². The van der Waals surface area contributed by atoms with E-state index in [0.29, 0.717) is 10.9 Å². The fourth-order valence-corrected chi connectivity index (χ4v) is 1.74. The van der Waals surface area contributed by atoms with Crippen LogP contribution < -0.4 is 4.90 Å². The number of alkyl halides is 1. The largest absolute Gasteiger partial charge is 0.354 e. The molecule has 0 spiro atoms. The molecule has 0 saturated carbocycles. The van der Waals surface area contributed by atoms with Crippen LogP contribution in [0.1, 0.15) is 19.8 Å². The lowest BCUT2D eigenvalue weighted by atomic mass is 10.3. The highest BCUT2D eigenvalue weighted by atomic mass is 35.5. The molecular weight excluding hydrogens is 233 g/mol. The fourth-order valence-electron chi connectivity index (χ4n) is 1.31. The van der Waals surface area contributed by atoms with Crippen molar-refractivity contribution in [3.05, 3.63) is 17.5 Å². The minimum Gasteiger partial charge on any atom is -0.354 e. The van der Waals surface area contributed by atoms with Crippen LogP contribution in [0.5, 0.6) is 0 Å². The van der Waals surface area contributed by atoms with Gasteiger partial charge >= 0.3 is 0 Å². The van der Waals surface area contributed by atoms with Gasteiger partial charge in [-0.05, 0) is 6.42 Å². The zero-order chi connectivity index (χ0) is 11.1. The van der Waals surface area contributed by atoms with Crippen molar-refractivity contribution in [1.82, 2.24) is 9.97 Å². The Hall–Kier alpha value is -0.540. The second-order valence-corrected chi connectivity index (χ2v) is 4.01. The summed E-state index contributed by atoms with van der Waals surface area (Å²) in [4.78, 5) is 10.1. The first-order valence-electron chi connectivity index (χ1n) is 5.06. The van der Waals surface area contributed by atoms with Crippen LogP contribution in [0.25, 0.3) is 0 Å². The van der Waals surface area contributed by atoms with E-state index in [4.69, 9.17) is 23.2 Å². The van der Waals surface area contributed by atoms with Crippen LogP contribution in [-0.4, -0.2) is 28.9 Å². The predicted molar refractivity (Wildman–Crippen MR) is 64.9 cm³/mol. The maximum absolute atomic E-state index is 6.02. The van der Waals surface area contributed by atoms with Gasteiger partial charge < -0.3 is 4.90 Å². The summed E-state index contributed by atoms with van der Waals surface area (Å²) in [6, 6.07) is 0. The van der Waals surface area contributed by atoms with Crippen LogP contribution in [0.3, 0.4) is 0 Å². The third-order valence-corrected chi connectivity index (χ3v) is 2.52. The van der Waals surface area contributed by atoms with Gasteiger partial charge in [0, 0.05) is 19.0 Å². The molecule has 0 radical (unpaired) electrons. The molecule has 0 aliphatic rings. The maximum atomic E-state index is 6.02. The van der Waals surface area contributed by atoms with Gasteiger partial charge in [0.1, 0.15) is 11.3 Å². The van der Waals surface area contributed by atoms with Gasteiger partial charge in [0.15, 0.2) is 5.82 Å². The Morgan fingerprint density at radius 1 is 1.40 bits per heavy atom. The Balaban J connectivity index is 2.74. The van der Waals surface area contributed by atoms with E-state index in [-0.39, 0.29) is 0 Å². The van der Waals surface area contributed by atoms with Gasteiger partial charge in [-0.1, -0.05) is 24.9 Å². The molecule has 0 aliphatic heterocycles. The van der Waals surface area contributed by atoms with Crippen LogP contribution in [0.4, 0.5) is 5.82 Å². The molecule has 0 aromatic carbocycles. The monoisotopic (exact) mass is 247 g/mol. The number of halogens is 2. The first-order chi connectivity index (χ1) is 7.29. The average molecular weight is 248 g/mol. The van der Waals surface area contributed by atoms with Crippen molar-refractivity contribution in [3.63, 3.8) is 0 Å². The van der Waals surface area contributed by atoms with Gasteiger partial charge in [-0.2, -0.15) is 0 Å². The van der Waals surface area contributed by atoms with Crippen molar-refractivity contribution in [2.75, 3.05) is 23.9 Å². The molecule has 1 rings (SSSR count). The Kier molecular flexibility index (Phi) is 5.73. The number of aromatic nitrogens is 2. The molecule has 0 saturated heterocycles. The third kappa shape index (κ3) is 3.84. The van der Waals surface area contributed by atoms with E-state index in [0.717, 1.165) is 31.7 Å². The molecule has 0 aliphatic carbocycles. The summed E-state index contributed by atoms with van der Waals surface area (Å²) < 4.78 is 0. The molecule has 1 aromatic heterocycles. The molecule has 0 atom stereocenters. The Morgan fingerprint density at radius 3 is 2.80 bits per heavy atom. The smallest absolute Gasteiger partial charge is 0.150 e. The second kappa shape index (κ2) is 6.85. The Labute approximate surface area is 100 Å². The highest BCUT2D eigenvalue weighted by Gasteiger charge is 2.10. The number of unbranched alkanes of at least 4 members (excludes halogenated alkanes) is 1. The average Bonchev–Trinajstić information content (AvgIpc) is 2.25. The fraction of sp³-hybridized carbons (Fsp3) is 0.600. The zero-order valence-electron chi connectivity index (χ0n) is 8.79. The van der Waals surface area contributed by atoms with Crippen molar-refractivity contribution >= 4 is 29.0 Å². The molecule has 15 heavy (non-hydrogen) atoms. The van der Waals surface area contributed by atoms with E-state index in [1.165, 1.54) is 6.33 Å². The summed E-state index contributed by atoms with van der Waals surface area (Å²) in [5.74, 6) is 1.35. The van der Waals surface area contributed by atoms with Crippen LogP contribution in [0.15, 0.2) is 12.5 Å². The minimum atomic E-state index is 0.573. The van der Waals surface area contributed by atoms with Crippen molar-refractivity contribution < 1.29 is 0 Å². The lowest BCUT2D eigenvalue weighted by Gasteiger charge is -2.22. The normalized spacial score (nSPS) is 10.3. The molecule has 0 amide bonds. The highest BCUT2D eigenvalue weighted by molar-refractivity contribution is 6.32. The van der Waals surface area contributed by atoms with Crippen molar-refractivity contribution in [2.24, 2.45) is 0 Å². The number of rotatable bonds is 6. The summed E-state index contributed by atoms with van der Waals surface area (Å²) in [6.07, 6.45) is 5.37. The summed E-state index contributed by atoms with van der Waals surface area (Å²) in [5.41, 5.74) is 0. The molecule has 1 heterocycles. The van der Waals surface area contributed by atoms with Gasteiger partial charge in [0.25, 0.3) is 0 Å². The van der Waals surface area contributed by atoms with E-state index in [1.807, 2.05) is 0 Å². The second-order valence-electron chi connectivity index (χ2n) is 3.22.